The van der Waals surface area contributed by atoms with Crippen LogP contribution in [0, 0.1) is 0 Å². The fourth-order valence-electron chi connectivity index (χ4n) is 1.99. The van der Waals surface area contributed by atoms with Crippen molar-refractivity contribution in [1.29, 1.82) is 0 Å². The van der Waals surface area contributed by atoms with Crippen LogP contribution >= 0.6 is 24.0 Å². The number of hydrogen-bond acceptors (Lipinski definition) is 3. The molecule has 23 heavy (non-hydrogen) atoms. The van der Waals surface area contributed by atoms with Gasteiger partial charge in [-0.05, 0) is 38.3 Å². The number of hydrogen-bond donors (Lipinski definition) is 1. The highest BCUT2D eigenvalue weighted by Crippen LogP contribution is 2.10. The number of nitrogens with zero attached hydrogens (tertiary/aromatic N) is 3. The number of aromatic nitrogens is 1. The molecule has 0 aliphatic heterocycles. The maximum atomic E-state index is 5.42. The van der Waals surface area contributed by atoms with Crippen molar-refractivity contribution >= 4 is 29.9 Å². The molecule has 0 saturated heterocycles. The second-order valence-electron chi connectivity index (χ2n) is 4.96. The Kier molecular flexibility index (Phi) is 12.4. The van der Waals surface area contributed by atoms with E-state index in [2.05, 4.69) is 40.7 Å². The number of allylic oxidation sites excluding steroid dienone is 1. The normalized spacial score (nSPS) is 10.7. The highest BCUT2D eigenvalue weighted by atomic mass is 127. The van der Waals surface area contributed by atoms with Gasteiger partial charge in [-0.2, -0.15) is 0 Å². The number of ether oxygens (including phenoxy) is 1. The third kappa shape index (κ3) is 8.78. The zero-order chi connectivity index (χ0) is 16.2. The summed E-state index contributed by atoms with van der Waals surface area (Å²) in [6, 6.07) is 3.90. The van der Waals surface area contributed by atoms with Crippen LogP contribution in [0.3, 0.4) is 0 Å². The van der Waals surface area contributed by atoms with E-state index in [-0.39, 0.29) is 24.0 Å². The van der Waals surface area contributed by atoms with Gasteiger partial charge in [-0.3, -0.25) is 0 Å². The molecule has 1 aromatic heterocycles. The quantitative estimate of drug-likeness (QED) is 0.214. The summed E-state index contributed by atoms with van der Waals surface area (Å²) in [6.07, 6.45) is 5.81. The van der Waals surface area contributed by atoms with Gasteiger partial charge in [-0.15, -0.1) is 30.6 Å². The number of aliphatic imine (C=N–C) groups is 1. The van der Waals surface area contributed by atoms with Crippen LogP contribution in [-0.2, 0) is 6.54 Å². The number of nitrogens with one attached hydrogen (secondary N) is 1. The number of unbranched alkanes of at least 4 members (excludes halogenated alkanes) is 1. The Labute approximate surface area is 157 Å². The maximum Gasteiger partial charge on any atom is 0.213 e. The summed E-state index contributed by atoms with van der Waals surface area (Å²) in [5.74, 6) is 1.57. The molecular formula is C17H29IN4O. The van der Waals surface area contributed by atoms with Crippen molar-refractivity contribution in [2.24, 2.45) is 4.99 Å². The van der Waals surface area contributed by atoms with Crippen LogP contribution in [0.25, 0.3) is 0 Å². The van der Waals surface area contributed by atoms with Gasteiger partial charge >= 0.3 is 0 Å². The van der Waals surface area contributed by atoms with Crippen molar-refractivity contribution in [3.8, 4) is 5.88 Å². The van der Waals surface area contributed by atoms with E-state index >= 15 is 0 Å². The van der Waals surface area contributed by atoms with Gasteiger partial charge in [-0.25, -0.2) is 9.98 Å². The van der Waals surface area contributed by atoms with E-state index < -0.39 is 0 Å². The van der Waals surface area contributed by atoms with E-state index in [9.17, 15) is 0 Å². The van der Waals surface area contributed by atoms with Crippen LogP contribution in [0.1, 0.15) is 32.3 Å². The van der Waals surface area contributed by atoms with Gasteiger partial charge in [0.05, 0.1) is 13.2 Å². The minimum atomic E-state index is 0. The van der Waals surface area contributed by atoms with Crippen molar-refractivity contribution in [2.45, 2.75) is 33.2 Å². The minimum Gasteiger partial charge on any atom is -0.478 e. The molecule has 1 aromatic rings. The molecule has 0 aliphatic carbocycles. The van der Waals surface area contributed by atoms with Gasteiger partial charge in [0.15, 0.2) is 5.96 Å². The fraction of sp³-hybridized carbons (Fsp3) is 0.529. The molecule has 1 N–H and O–H groups in total. The van der Waals surface area contributed by atoms with E-state index in [4.69, 9.17) is 4.74 Å². The van der Waals surface area contributed by atoms with Gasteiger partial charge in [-0.1, -0.05) is 6.08 Å². The second kappa shape index (κ2) is 13.2. The molecular weight excluding hydrogens is 403 g/mol. The summed E-state index contributed by atoms with van der Waals surface area (Å²) in [5.41, 5.74) is 1.09. The average molecular weight is 432 g/mol. The lowest BCUT2D eigenvalue weighted by Gasteiger charge is -2.21. The minimum absolute atomic E-state index is 0. The van der Waals surface area contributed by atoms with Crippen LogP contribution in [0.2, 0.25) is 0 Å². The molecule has 0 bridgehead atoms. The molecule has 0 unspecified atom stereocenters. The van der Waals surface area contributed by atoms with E-state index in [1.165, 1.54) is 0 Å². The first kappa shape index (κ1) is 21.7. The summed E-state index contributed by atoms with van der Waals surface area (Å²) in [6.45, 7) is 10.8. The molecule has 6 heteroatoms. The van der Waals surface area contributed by atoms with Crippen molar-refractivity contribution in [1.82, 2.24) is 15.2 Å². The summed E-state index contributed by atoms with van der Waals surface area (Å²) in [5, 5.41) is 3.32. The molecule has 0 radical (unpaired) electrons. The van der Waals surface area contributed by atoms with Gasteiger partial charge < -0.3 is 15.0 Å². The van der Waals surface area contributed by atoms with E-state index in [1.807, 2.05) is 25.1 Å². The largest absolute Gasteiger partial charge is 0.478 e. The lowest BCUT2D eigenvalue weighted by Crippen LogP contribution is -2.39. The average Bonchev–Trinajstić information content (AvgIpc) is 2.52. The Hall–Kier alpha value is -1.31. The Morgan fingerprint density at radius 3 is 2.91 bits per heavy atom. The van der Waals surface area contributed by atoms with Crippen molar-refractivity contribution < 1.29 is 4.74 Å². The van der Waals surface area contributed by atoms with Crippen molar-refractivity contribution in [2.75, 3.05) is 26.7 Å². The molecule has 0 atom stereocenters. The standard InChI is InChI=1S/C17H28N4O.HI/c1-5-8-9-12-21(4)17(18-6-2)20-14-15-10-11-19-16(13-15)22-7-3;/h5,10-11,13H,1,6-9,12,14H2,2-4H3,(H,18,20);1H. The predicted octanol–water partition coefficient (Wildman–Crippen LogP) is 3.46. The maximum absolute atomic E-state index is 5.42. The zero-order valence-corrected chi connectivity index (χ0v) is 16.7. The highest BCUT2D eigenvalue weighted by molar-refractivity contribution is 14.0. The van der Waals surface area contributed by atoms with Gasteiger partial charge in [0.1, 0.15) is 0 Å². The summed E-state index contributed by atoms with van der Waals surface area (Å²) < 4.78 is 5.42. The van der Waals surface area contributed by atoms with Crippen LogP contribution < -0.4 is 10.1 Å². The molecule has 1 heterocycles. The molecule has 0 aliphatic rings. The topological polar surface area (TPSA) is 49.8 Å². The Bertz CT molecular complexity index is 479. The number of pyridine rings is 1. The second-order valence-corrected chi connectivity index (χ2v) is 4.96. The van der Waals surface area contributed by atoms with Crippen LogP contribution in [-0.4, -0.2) is 42.6 Å². The van der Waals surface area contributed by atoms with Crippen LogP contribution in [0.4, 0.5) is 0 Å². The summed E-state index contributed by atoms with van der Waals surface area (Å²) in [4.78, 5) is 11.0. The number of guanidine groups is 1. The highest BCUT2D eigenvalue weighted by Gasteiger charge is 2.05. The molecule has 0 saturated carbocycles. The van der Waals surface area contributed by atoms with E-state index in [0.29, 0.717) is 19.0 Å². The van der Waals surface area contributed by atoms with Gasteiger partial charge in [0.25, 0.3) is 0 Å². The number of halogens is 1. The first-order chi connectivity index (χ1) is 10.7. The summed E-state index contributed by atoms with van der Waals surface area (Å²) in [7, 11) is 2.06. The smallest absolute Gasteiger partial charge is 0.213 e. The predicted molar refractivity (Wildman–Crippen MR) is 108 cm³/mol. The molecule has 1 rings (SSSR count). The lowest BCUT2D eigenvalue weighted by atomic mass is 10.2. The Morgan fingerprint density at radius 1 is 1.48 bits per heavy atom. The Balaban J connectivity index is 0.00000484. The van der Waals surface area contributed by atoms with Gasteiger partial charge in [0.2, 0.25) is 5.88 Å². The molecule has 0 amide bonds. The Morgan fingerprint density at radius 2 is 2.26 bits per heavy atom. The van der Waals surface area contributed by atoms with Crippen molar-refractivity contribution in [3.63, 3.8) is 0 Å². The third-order valence-electron chi connectivity index (χ3n) is 3.10. The lowest BCUT2D eigenvalue weighted by molar-refractivity contribution is 0.326. The molecule has 0 aromatic carbocycles. The zero-order valence-electron chi connectivity index (χ0n) is 14.4. The first-order valence-corrected chi connectivity index (χ1v) is 7.89. The molecule has 0 spiro atoms. The fourth-order valence-corrected chi connectivity index (χ4v) is 1.99. The molecule has 130 valence electrons. The van der Waals surface area contributed by atoms with Gasteiger partial charge in [0, 0.05) is 32.4 Å². The van der Waals surface area contributed by atoms with Crippen molar-refractivity contribution in [3.05, 3.63) is 36.5 Å². The third-order valence-corrected chi connectivity index (χ3v) is 3.10. The summed E-state index contributed by atoms with van der Waals surface area (Å²) >= 11 is 0. The van der Waals surface area contributed by atoms with Crippen LogP contribution in [0.15, 0.2) is 36.0 Å². The molecule has 0 fully saturated rings. The van der Waals surface area contributed by atoms with Crippen LogP contribution in [0.5, 0.6) is 5.88 Å². The van der Waals surface area contributed by atoms with E-state index in [0.717, 1.165) is 37.5 Å². The SMILES string of the molecule is C=CCCCN(C)C(=NCc1ccnc(OCC)c1)NCC.I. The molecule has 5 nitrogen and oxygen atoms in total. The van der Waals surface area contributed by atoms with E-state index in [1.54, 1.807) is 6.20 Å². The monoisotopic (exact) mass is 432 g/mol. The number of rotatable bonds is 9. The first-order valence-electron chi connectivity index (χ1n) is 7.89.